The fourth-order valence-corrected chi connectivity index (χ4v) is 2.74. The number of allylic oxidation sites excluding steroid dienone is 1. The summed E-state index contributed by atoms with van der Waals surface area (Å²) in [6, 6.07) is 12.1. The summed E-state index contributed by atoms with van der Waals surface area (Å²) in [6.45, 7) is 0. The summed E-state index contributed by atoms with van der Waals surface area (Å²) in [5, 5.41) is 24.6. The van der Waals surface area contributed by atoms with E-state index in [9.17, 15) is 25.0 Å². The van der Waals surface area contributed by atoms with Crippen LogP contribution in [0.3, 0.4) is 0 Å². The molecule has 0 aliphatic carbocycles. The molecular formula is C17H13N3O5. The topological polar surface area (TPSA) is 115 Å². The van der Waals surface area contributed by atoms with Gasteiger partial charge in [-0.15, -0.1) is 0 Å². The molecule has 0 radical (unpaired) electrons. The van der Waals surface area contributed by atoms with E-state index in [1.165, 1.54) is 30.3 Å². The van der Waals surface area contributed by atoms with Crippen molar-refractivity contribution in [2.24, 2.45) is 0 Å². The molecular weight excluding hydrogens is 326 g/mol. The van der Waals surface area contributed by atoms with Gasteiger partial charge in [-0.1, -0.05) is 30.3 Å². The SMILES string of the molecule is O=C1CC(c2cccc([N+](=O)[O-])c2)C=C(c2cccc([N+](=O)[O-])c2)N1. The van der Waals surface area contributed by atoms with E-state index in [1.807, 2.05) is 0 Å². The molecule has 1 unspecified atom stereocenters. The van der Waals surface area contributed by atoms with Gasteiger partial charge >= 0.3 is 0 Å². The number of rotatable bonds is 4. The van der Waals surface area contributed by atoms with Gasteiger partial charge in [-0.3, -0.25) is 25.0 Å². The van der Waals surface area contributed by atoms with E-state index < -0.39 is 9.85 Å². The summed E-state index contributed by atoms with van der Waals surface area (Å²) in [5.41, 5.74) is 1.49. The van der Waals surface area contributed by atoms with Gasteiger partial charge in [-0.25, -0.2) is 0 Å². The van der Waals surface area contributed by atoms with Gasteiger partial charge in [-0.05, 0) is 5.56 Å². The molecule has 2 aromatic carbocycles. The van der Waals surface area contributed by atoms with Crippen molar-refractivity contribution < 1.29 is 14.6 Å². The van der Waals surface area contributed by atoms with E-state index >= 15 is 0 Å². The maximum atomic E-state index is 12.0. The van der Waals surface area contributed by atoms with Crippen molar-refractivity contribution in [2.45, 2.75) is 12.3 Å². The van der Waals surface area contributed by atoms with Crippen LogP contribution in [0.2, 0.25) is 0 Å². The second-order valence-corrected chi connectivity index (χ2v) is 5.60. The van der Waals surface area contributed by atoms with Crippen LogP contribution in [0.4, 0.5) is 11.4 Å². The van der Waals surface area contributed by atoms with E-state index in [-0.39, 0.29) is 29.6 Å². The Labute approximate surface area is 142 Å². The number of nitrogens with zero attached hydrogens (tertiary/aromatic N) is 2. The third-order valence-corrected chi connectivity index (χ3v) is 3.92. The van der Waals surface area contributed by atoms with Gasteiger partial charge in [0.2, 0.25) is 5.91 Å². The average Bonchev–Trinajstić information content (AvgIpc) is 2.61. The van der Waals surface area contributed by atoms with Crippen LogP contribution in [0.1, 0.15) is 23.5 Å². The third-order valence-electron chi connectivity index (χ3n) is 3.92. The molecule has 1 aliphatic rings. The summed E-state index contributed by atoms with van der Waals surface area (Å²) in [4.78, 5) is 32.9. The van der Waals surface area contributed by atoms with Crippen LogP contribution in [-0.4, -0.2) is 15.8 Å². The minimum absolute atomic E-state index is 0.0474. The number of hydrogen-bond acceptors (Lipinski definition) is 5. The van der Waals surface area contributed by atoms with Crippen LogP contribution < -0.4 is 5.32 Å². The van der Waals surface area contributed by atoms with Crippen LogP contribution in [0.15, 0.2) is 54.6 Å². The van der Waals surface area contributed by atoms with Crippen molar-refractivity contribution in [3.63, 3.8) is 0 Å². The third kappa shape index (κ3) is 3.52. The van der Waals surface area contributed by atoms with Gasteiger partial charge in [0, 0.05) is 47.9 Å². The minimum atomic E-state index is -0.507. The molecule has 0 spiro atoms. The normalized spacial score (nSPS) is 16.7. The molecule has 0 saturated heterocycles. The lowest BCUT2D eigenvalue weighted by Gasteiger charge is -2.22. The first-order chi connectivity index (χ1) is 11.9. The lowest BCUT2D eigenvalue weighted by Crippen LogP contribution is -2.28. The molecule has 1 N–H and O–H groups in total. The Morgan fingerprint density at radius 1 is 0.960 bits per heavy atom. The van der Waals surface area contributed by atoms with Crippen molar-refractivity contribution >= 4 is 23.0 Å². The first-order valence-electron chi connectivity index (χ1n) is 7.45. The molecule has 8 heteroatoms. The zero-order valence-electron chi connectivity index (χ0n) is 12.9. The van der Waals surface area contributed by atoms with Crippen LogP contribution in [0, 0.1) is 20.2 Å². The highest BCUT2D eigenvalue weighted by Gasteiger charge is 2.23. The minimum Gasteiger partial charge on any atom is -0.326 e. The number of carbonyl (C=O) groups excluding carboxylic acids is 1. The summed E-state index contributed by atoms with van der Waals surface area (Å²) in [7, 11) is 0. The number of benzene rings is 2. The number of amides is 1. The second kappa shape index (κ2) is 6.52. The molecule has 1 amide bonds. The Bertz CT molecular complexity index is 907. The van der Waals surface area contributed by atoms with Crippen LogP contribution >= 0.6 is 0 Å². The molecule has 126 valence electrons. The quantitative estimate of drug-likeness (QED) is 0.678. The largest absolute Gasteiger partial charge is 0.326 e. The van der Waals surface area contributed by atoms with E-state index in [0.717, 1.165) is 0 Å². The number of nitrogens with one attached hydrogen (secondary N) is 1. The van der Waals surface area contributed by atoms with Crippen LogP contribution in [0.5, 0.6) is 0 Å². The highest BCUT2D eigenvalue weighted by molar-refractivity contribution is 5.90. The highest BCUT2D eigenvalue weighted by Crippen LogP contribution is 2.31. The van der Waals surface area contributed by atoms with Gasteiger partial charge in [0.15, 0.2) is 0 Å². The van der Waals surface area contributed by atoms with E-state index in [2.05, 4.69) is 5.32 Å². The van der Waals surface area contributed by atoms with Gasteiger partial charge in [0.1, 0.15) is 0 Å². The number of nitro benzene ring substituents is 2. The zero-order chi connectivity index (χ0) is 18.0. The van der Waals surface area contributed by atoms with E-state index in [4.69, 9.17) is 0 Å². The van der Waals surface area contributed by atoms with Gasteiger partial charge < -0.3 is 5.32 Å². The fraction of sp³-hybridized carbons (Fsp3) is 0.118. The number of non-ortho nitro benzene ring substituents is 2. The number of hydrogen-bond donors (Lipinski definition) is 1. The fourth-order valence-electron chi connectivity index (χ4n) is 2.74. The summed E-state index contributed by atoms with van der Waals surface area (Å²) < 4.78 is 0. The lowest BCUT2D eigenvalue weighted by atomic mass is 9.90. The van der Waals surface area contributed by atoms with Crippen LogP contribution in [-0.2, 0) is 4.79 Å². The van der Waals surface area contributed by atoms with Crippen LogP contribution in [0.25, 0.3) is 5.70 Å². The summed E-state index contributed by atoms with van der Waals surface area (Å²) in [5.74, 6) is -0.594. The maximum Gasteiger partial charge on any atom is 0.270 e. The van der Waals surface area contributed by atoms with Crippen molar-refractivity contribution in [3.05, 3.63) is 86.0 Å². The van der Waals surface area contributed by atoms with E-state index in [0.29, 0.717) is 16.8 Å². The summed E-state index contributed by atoms with van der Waals surface area (Å²) in [6.07, 6.45) is 1.92. The lowest BCUT2D eigenvalue weighted by molar-refractivity contribution is -0.385. The highest BCUT2D eigenvalue weighted by atomic mass is 16.6. The maximum absolute atomic E-state index is 12.0. The Morgan fingerprint density at radius 3 is 2.28 bits per heavy atom. The van der Waals surface area contributed by atoms with Gasteiger partial charge in [0.05, 0.1) is 9.85 Å². The molecule has 1 atom stereocenters. The van der Waals surface area contributed by atoms with Crippen molar-refractivity contribution in [3.8, 4) is 0 Å². The van der Waals surface area contributed by atoms with Crippen molar-refractivity contribution in [2.75, 3.05) is 0 Å². The number of nitro groups is 2. The predicted octanol–water partition coefficient (Wildman–Crippen LogP) is 3.15. The molecule has 0 bridgehead atoms. The standard InChI is InChI=1S/C17H13N3O5/c21-17-10-13(11-3-1-5-14(7-11)19(22)23)9-16(18-17)12-4-2-6-15(8-12)20(24)25/h1-9,13H,10H2,(H,18,21). The zero-order valence-corrected chi connectivity index (χ0v) is 12.9. The predicted molar refractivity (Wildman–Crippen MR) is 89.7 cm³/mol. The summed E-state index contributed by atoms with van der Waals surface area (Å²) >= 11 is 0. The average molecular weight is 339 g/mol. The molecule has 1 heterocycles. The first-order valence-corrected chi connectivity index (χ1v) is 7.45. The van der Waals surface area contributed by atoms with Gasteiger partial charge in [-0.2, -0.15) is 0 Å². The Balaban J connectivity index is 1.99. The molecule has 0 saturated carbocycles. The van der Waals surface area contributed by atoms with Crippen molar-refractivity contribution in [1.29, 1.82) is 0 Å². The van der Waals surface area contributed by atoms with Gasteiger partial charge in [0.25, 0.3) is 11.4 Å². The molecule has 2 aromatic rings. The second-order valence-electron chi connectivity index (χ2n) is 5.60. The van der Waals surface area contributed by atoms with Crippen molar-refractivity contribution in [1.82, 2.24) is 5.32 Å². The Hall–Kier alpha value is -3.55. The Kier molecular flexibility index (Phi) is 4.25. The first kappa shape index (κ1) is 16.3. The molecule has 0 fully saturated rings. The monoisotopic (exact) mass is 339 g/mol. The molecule has 25 heavy (non-hydrogen) atoms. The molecule has 1 aliphatic heterocycles. The molecule has 3 rings (SSSR count). The van der Waals surface area contributed by atoms with E-state index in [1.54, 1.807) is 24.3 Å². The molecule has 8 nitrogen and oxygen atoms in total. The molecule has 0 aromatic heterocycles. The number of carbonyl (C=O) groups is 1. The smallest absolute Gasteiger partial charge is 0.270 e. The Morgan fingerprint density at radius 2 is 1.60 bits per heavy atom.